The van der Waals surface area contributed by atoms with Gasteiger partial charge >= 0.3 is 5.97 Å². The summed E-state index contributed by atoms with van der Waals surface area (Å²) in [7, 11) is 0. The van der Waals surface area contributed by atoms with E-state index in [0.29, 0.717) is 24.0 Å². The van der Waals surface area contributed by atoms with Gasteiger partial charge in [0, 0.05) is 0 Å². The van der Waals surface area contributed by atoms with E-state index in [1.54, 1.807) is 12.1 Å². The molecule has 19 heavy (non-hydrogen) atoms. The highest BCUT2D eigenvalue weighted by Crippen LogP contribution is 2.21. The molecule has 1 aliphatic heterocycles. The van der Waals surface area contributed by atoms with Crippen LogP contribution in [0.15, 0.2) is 30.3 Å². The van der Waals surface area contributed by atoms with Crippen LogP contribution in [0.5, 0.6) is 0 Å². The Bertz CT molecular complexity index is 391. The Morgan fingerprint density at radius 3 is 2.84 bits per heavy atom. The maximum Gasteiger partial charge on any atom is 0.338 e. The van der Waals surface area contributed by atoms with Gasteiger partial charge in [0.15, 0.2) is 0 Å². The number of ether oxygens (including phenoxy) is 1. The molecule has 1 aromatic rings. The molecule has 1 heterocycles. The largest absolute Gasteiger partial charge is 0.462 e. The van der Waals surface area contributed by atoms with E-state index in [-0.39, 0.29) is 5.97 Å². The number of nitrogens with one attached hydrogen (secondary N) is 1. The fourth-order valence-corrected chi connectivity index (χ4v) is 2.60. The van der Waals surface area contributed by atoms with Crippen molar-refractivity contribution in [2.24, 2.45) is 11.8 Å². The molecule has 0 radical (unpaired) electrons. The Hall–Kier alpha value is -1.35. The minimum atomic E-state index is -0.203. The van der Waals surface area contributed by atoms with Crippen LogP contribution < -0.4 is 5.32 Å². The van der Waals surface area contributed by atoms with Crippen molar-refractivity contribution in [3.8, 4) is 0 Å². The number of benzene rings is 1. The number of hydrogen-bond acceptors (Lipinski definition) is 3. The molecular weight excluding hydrogens is 238 g/mol. The van der Waals surface area contributed by atoms with Gasteiger partial charge in [-0.05, 0) is 49.9 Å². The molecule has 0 amide bonds. The first-order chi connectivity index (χ1) is 9.29. The maximum absolute atomic E-state index is 11.9. The Morgan fingerprint density at radius 1 is 1.32 bits per heavy atom. The molecule has 104 valence electrons. The number of rotatable bonds is 4. The summed E-state index contributed by atoms with van der Waals surface area (Å²) < 4.78 is 5.45. The maximum atomic E-state index is 11.9. The van der Waals surface area contributed by atoms with E-state index in [0.717, 1.165) is 25.9 Å². The van der Waals surface area contributed by atoms with Crippen molar-refractivity contribution in [2.45, 2.75) is 26.2 Å². The summed E-state index contributed by atoms with van der Waals surface area (Å²) in [6.07, 6.45) is 3.44. The zero-order valence-electron chi connectivity index (χ0n) is 11.6. The van der Waals surface area contributed by atoms with Gasteiger partial charge in [-0.2, -0.15) is 0 Å². The molecule has 2 rings (SSSR count). The van der Waals surface area contributed by atoms with Crippen molar-refractivity contribution >= 4 is 5.97 Å². The second kappa shape index (κ2) is 7.29. The first-order valence-corrected chi connectivity index (χ1v) is 7.22. The zero-order chi connectivity index (χ0) is 13.5. The van der Waals surface area contributed by atoms with Crippen LogP contribution >= 0.6 is 0 Å². The molecule has 0 aliphatic carbocycles. The Labute approximate surface area is 115 Å². The lowest BCUT2D eigenvalue weighted by molar-refractivity contribution is 0.0421. The quantitative estimate of drug-likeness (QED) is 0.847. The molecule has 1 fully saturated rings. The summed E-state index contributed by atoms with van der Waals surface area (Å²) in [5, 5.41) is 3.46. The van der Waals surface area contributed by atoms with E-state index in [4.69, 9.17) is 4.74 Å². The fourth-order valence-electron chi connectivity index (χ4n) is 2.60. The van der Waals surface area contributed by atoms with Gasteiger partial charge in [-0.25, -0.2) is 4.79 Å². The van der Waals surface area contributed by atoms with Gasteiger partial charge in [0.1, 0.15) is 0 Å². The van der Waals surface area contributed by atoms with E-state index in [1.807, 2.05) is 18.2 Å². The minimum Gasteiger partial charge on any atom is -0.462 e. The van der Waals surface area contributed by atoms with Crippen molar-refractivity contribution in [3.63, 3.8) is 0 Å². The predicted molar refractivity (Wildman–Crippen MR) is 76.1 cm³/mol. The lowest BCUT2D eigenvalue weighted by Crippen LogP contribution is -2.19. The number of carbonyl (C=O) groups is 1. The highest BCUT2D eigenvalue weighted by molar-refractivity contribution is 5.89. The molecule has 1 saturated heterocycles. The summed E-state index contributed by atoms with van der Waals surface area (Å²) in [6, 6.07) is 9.22. The summed E-state index contributed by atoms with van der Waals surface area (Å²) in [4.78, 5) is 11.9. The molecule has 1 N–H and O–H groups in total. The number of hydrogen-bond donors (Lipinski definition) is 1. The van der Waals surface area contributed by atoms with Crippen LogP contribution in [0.4, 0.5) is 0 Å². The second-order valence-corrected chi connectivity index (χ2v) is 5.33. The second-order valence-electron chi connectivity index (χ2n) is 5.33. The van der Waals surface area contributed by atoms with Crippen LogP contribution in [-0.4, -0.2) is 25.7 Å². The highest BCUT2D eigenvalue weighted by Gasteiger charge is 2.20. The van der Waals surface area contributed by atoms with Crippen molar-refractivity contribution < 1.29 is 9.53 Å². The molecule has 1 aromatic carbocycles. The van der Waals surface area contributed by atoms with Crippen LogP contribution in [0.1, 0.15) is 36.5 Å². The van der Waals surface area contributed by atoms with E-state index in [1.165, 1.54) is 6.42 Å². The van der Waals surface area contributed by atoms with Crippen LogP contribution in [0.2, 0.25) is 0 Å². The summed E-state index contributed by atoms with van der Waals surface area (Å²) >= 11 is 0. The first kappa shape index (κ1) is 14.1. The van der Waals surface area contributed by atoms with Gasteiger partial charge in [-0.15, -0.1) is 0 Å². The van der Waals surface area contributed by atoms with Crippen molar-refractivity contribution in [1.29, 1.82) is 0 Å². The van der Waals surface area contributed by atoms with Crippen LogP contribution in [0, 0.1) is 11.8 Å². The molecule has 3 heteroatoms. The summed E-state index contributed by atoms with van der Waals surface area (Å²) in [5.41, 5.74) is 0.640. The van der Waals surface area contributed by atoms with Gasteiger partial charge in [0.05, 0.1) is 12.2 Å². The SMILES string of the molecule is CCC1CNCCC(COC(=O)c2ccccc2)C1. The average Bonchev–Trinajstić information content (AvgIpc) is 2.70. The van der Waals surface area contributed by atoms with Crippen molar-refractivity contribution in [2.75, 3.05) is 19.7 Å². The van der Waals surface area contributed by atoms with E-state index in [2.05, 4.69) is 12.2 Å². The number of carbonyl (C=O) groups excluding carboxylic acids is 1. The van der Waals surface area contributed by atoms with E-state index in [9.17, 15) is 4.79 Å². The first-order valence-electron chi connectivity index (χ1n) is 7.22. The lowest BCUT2D eigenvalue weighted by Gasteiger charge is -2.18. The normalized spacial score (nSPS) is 23.6. The van der Waals surface area contributed by atoms with Crippen molar-refractivity contribution in [3.05, 3.63) is 35.9 Å². The van der Waals surface area contributed by atoms with Crippen molar-refractivity contribution in [1.82, 2.24) is 5.32 Å². The summed E-state index contributed by atoms with van der Waals surface area (Å²) in [6.45, 7) is 4.90. The fraction of sp³-hybridized carbons (Fsp3) is 0.562. The van der Waals surface area contributed by atoms with E-state index >= 15 is 0 Å². The Balaban J connectivity index is 1.82. The van der Waals surface area contributed by atoms with Crippen LogP contribution in [0.25, 0.3) is 0 Å². The molecule has 0 saturated carbocycles. The van der Waals surface area contributed by atoms with Gasteiger partial charge in [-0.1, -0.05) is 31.5 Å². The average molecular weight is 261 g/mol. The molecule has 0 aromatic heterocycles. The topological polar surface area (TPSA) is 38.3 Å². The standard InChI is InChI=1S/C16H23NO2/c1-2-13-10-14(8-9-17-11-13)12-19-16(18)15-6-4-3-5-7-15/h3-7,13-14,17H,2,8-12H2,1H3. The summed E-state index contributed by atoms with van der Waals surface area (Å²) in [5.74, 6) is 1.00. The Morgan fingerprint density at radius 2 is 2.11 bits per heavy atom. The Kier molecular flexibility index (Phi) is 5.40. The molecule has 2 unspecified atom stereocenters. The third kappa shape index (κ3) is 4.35. The van der Waals surface area contributed by atoms with Gasteiger partial charge in [-0.3, -0.25) is 0 Å². The van der Waals surface area contributed by atoms with Gasteiger partial charge in [0.25, 0.3) is 0 Å². The van der Waals surface area contributed by atoms with E-state index < -0.39 is 0 Å². The van der Waals surface area contributed by atoms with Gasteiger partial charge < -0.3 is 10.1 Å². The minimum absolute atomic E-state index is 0.203. The van der Waals surface area contributed by atoms with Gasteiger partial charge in [0.2, 0.25) is 0 Å². The third-order valence-electron chi connectivity index (χ3n) is 3.87. The third-order valence-corrected chi connectivity index (χ3v) is 3.87. The molecule has 0 bridgehead atoms. The number of esters is 1. The van der Waals surface area contributed by atoms with Crippen LogP contribution in [0.3, 0.4) is 0 Å². The molecular formula is C16H23NO2. The molecule has 3 nitrogen and oxygen atoms in total. The van der Waals surface area contributed by atoms with Crippen LogP contribution in [-0.2, 0) is 4.74 Å². The predicted octanol–water partition coefficient (Wildman–Crippen LogP) is 2.87. The molecule has 2 atom stereocenters. The molecule has 0 spiro atoms. The molecule has 1 aliphatic rings. The monoisotopic (exact) mass is 261 g/mol. The highest BCUT2D eigenvalue weighted by atomic mass is 16.5. The zero-order valence-corrected chi connectivity index (χ0v) is 11.6. The smallest absolute Gasteiger partial charge is 0.338 e. The lowest BCUT2D eigenvalue weighted by atomic mass is 9.92.